The average Bonchev–Trinajstić information content (AvgIpc) is 2.51. The maximum absolute atomic E-state index is 11.6. The number of carbonyl (C=O) groups is 1. The van der Waals surface area contributed by atoms with Gasteiger partial charge in [0.2, 0.25) is 0 Å². The van der Waals surface area contributed by atoms with Gasteiger partial charge in [-0.1, -0.05) is 30.3 Å². The topological polar surface area (TPSA) is 46.5 Å². The van der Waals surface area contributed by atoms with Crippen LogP contribution in [0.4, 0.5) is 0 Å². The monoisotopic (exact) mass is 282 g/mol. The molecule has 2 aromatic carbocycles. The highest BCUT2D eigenvalue weighted by Crippen LogP contribution is 2.42. The van der Waals surface area contributed by atoms with Crippen molar-refractivity contribution < 1.29 is 14.6 Å². The summed E-state index contributed by atoms with van der Waals surface area (Å²) < 4.78 is 6.09. The molecule has 108 valence electrons. The van der Waals surface area contributed by atoms with Crippen molar-refractivity contribution >= 4 is 5.78 Å². The predicted octanol–water partition coefficient (Wildman–Crippen LogP) is 3.97. The van der Waals surface area contributed by atoms with Crippen LogP contribution < -0.4 is 4.74 Å². The highest BCUT2D eigenvalue weighted by Gasteiger charge is 2.26. The summed E-state index contributed by atoms with van der Waals surface area (Å²) in [5.74, 6) is 0.635. The number of ketones is 1. The second-order valence-corrected chi connectivity index (χ2v) is 5.50. The van der Waals surface area contributed by atoms with Gasteiger partial charge in [0, 0.05) is 5.56 Å². The third-order valence-electron chi connectivity index (χ3n) is 4.05. The Kier molecular flexibility index (Phi) is 3.42. The number of carbonyl (C=O) groups excluding carboxylic acids is 1. The molecule has 3 heteroatoms. The normalized spacial score (nSPS) is 17.0. The van der Waals surface area contributed by atoms with Gasteiger partial charge in [0.15, 0.2) is 5.78 Å². The zero-order chi connectivity index (χ0) is 15.0. The number of hydrogen-bond acceptors (Lipinski definition) is 3. The molecule has 0 aliphatic carbocycles. The Balaban J connectivity index is 2.00. The summed E-state index contributed by atoms with van der Waals surface area (Å²) in [7, 11) is 0. The molecule has 0 saturated heterocycles. The molecule has 2 aromatic rings. The van der Waals surface area contributed by atoms with E-state index in [2.05, 4.69) is 12.1 Å². The van der Waals surface area contributed by atoms with Crippen molar-refractivity contribution in [2.24, 2.45) is 0 Å². The Labute approximate surface area is 124 Å². The van der Waals surface area contributed by atoms with Crippen molar-refractivity contribution in [2.45, 2.75) is 32.8 Å². The van der Waals surface area contributed by atoms with E-state index in [0.717, 1.165) is 29.7 Å². The van der Waals surface area contributed by atoms with Crippen molar-refractivity contribution in [3.8, 4) is 11.5 Å². The van der Waals surface area contributed by atoms with Crippen molar-refractivity contribution in [1.82, 2.24) is 0 Å². The zero-order valence-electron chi connectivity index (χ0n) is 12.2. The number of phenolic OH excluding ortho intramolecular Hbond substituents is 1. The van der Waals surface area contributed by atoms with Crippen molar-refractivity contribution in [3.63, 3.8) is 0 Å². The quantitative estimate of drug-likeness (QED) is 0.848. The fraction of sp³-hybridized carbons (Fsp3) is 0.278. The molecule has 1 aliphatic heterocycles. The molecule has 0 spiro atoms. The molecule has 0 saturated carbocycles. The van der Waals surface area contributed by atoms with Crippen LogP contribution in [-0.4, -0.2) is 10.9 Å². The highest BCUT2D eigenvalue weighted by molar-refractivity contribution is 5.97. The van der Waals surface area contributed by atoms with E-state index in [1.165, 1.54) is 6.92 Å². The van der Waals surface area contributed by atoms with Crippen LogP contribution in [0.5, 0.6) is 11.5 Å². The van der Waals surface area contributed by atoms with Gasteiger partial charge in [-0.3, -0.25) is 4.79 Å². The maximum Gasteiger partial charge on any atom is 0.163 e. The minimum Gasteiger partial charge on any atom is -0.507 e. The molecule has 3 nitrogen and oxygen atoms in total. The number of ether oxygens (including phenoxy) is 1. The number of fused-ring (bicyclic) bond motifs is 1. The lowest BCUT2D eigenvalue weighted by atomic mass is 9.93. The summed E-state index contributed by atoms with van der Waals surface area (Å²) >= 11 is 0. The van der Waals surface area contributed by atoms with Gasteiger partial charge in [0.05, 0.1) is 5.56 Å². The molecule has 1 aliphatic rings. The number of hydrogen-bond donors (Lipinski definition) is 1. The Hall–Kier alpha value is -2.29. The van der Waals surface area contributed by atoms with E-state index in [9.17, 15) is 9.90 Å². The lowest BCUT2D eigenvalue weighted by Gasteiger charge is -2.28. The molecule has 21 heavy (non-hydrogen) atoms. The van der Waals surface area contributed by atoms with Crippen molar-refractivity contribution in [1.29, 1.82) is 0 Å². The van der Waals surface area contributed by atoms with Gasteiger partial charge in [-0.2, -0.15) is 0 Å². The molecule has 0 radical (unpaired) electrons. The fourth-order valence-electron chi connectivity index (χ4n) is 2.87. The van der Waals surface area contributed by atoms with Crippen LogP contribution in [0.25, 0.3) is 0 Å². The molecule has 3 rings (SSSR count). The van der Waals surface area contributed by atoms with E-state index >= 15 is 0 Å². The Morgan fingerprint density at radius 3 is 2.67 bits per heavy atom. The van der Waals surface area contributed by atoms with Crippen LogP contribution in [0.3, 0.4) is 0 Å². The van der Waals surface area contributed by atoms with Gasteiger partial charge in [-0.25, -0.2) is 0 Å². The molecule has 1 unspecified atom stereocenters. The van der Waals surface area contributed by atoms with Gasteiger partial charge >= 0.3 is 0 Å². The van der Waals surface area contributed by atoms with E-state index in [0.29, 0.717) is 11.1 Å². The molecule has 0 fully saturated rings. The van der Waals surface area contributed by atoms with Crippen LogP contribution in [0.1, 0.15) is 46.5 Å². The van der Waals surface area contributed by atoms with Gasteiger partial charge in [0.1, 0.15) is 17.6 Å². The second kappa shape index (κ2) is 5.24. The maximum atomic E-state index is 11.6. The highest BCUT2D eigenvalue weighted by atomic mass is 16.5. The van der Waals surface area contributed by atoms with Crippen LogP contribution in [0, 0.1) is 6.92 Å². The second-order valence-electron chi connectivity index (χ2n) is 5.50. The lowest BCUT2D eigenvalue weighted by molar-refractivity contribution is 0.101. The summed E-state index contributed by atoms with van der Waals surface area (Å²) in [5.41, 5.74) is 3.17. The molecule has 1 N–H and O–H groups in total. The Morgan fingerprint density at radius 2 is 2.00 bits per heavy atom. The largest absolute Gasteiger partial charge is 0.507 e. The zero-order valence-corrected chi connectivity index (χ0v) is 12.2. The summed E-state index contributed by atoms with van der Waals surface area (Å²) in [6, 6.07) is 11.8. The van der Waals surface area contributed by atoms with E-state index in [1.54, 1.807) is 13.0 Å². The van der Waals surface area contributed by atoms with E-state index in [4.69, 9.17) is 4.74 Å². The van der Waals surface area contributed by atoms with E-state index < -0.39 is 0 Å². The predicted molar refractivity (Wildman–Crippen MR) is 81.0 cm³/mol. The first-order chi connectivity index (χ1) is 10.1. The van der Waals surface area contributed by atoms with E-state index in [-0.39, 0.29) is 17.6 Å². The number of rotatable bonds is 2. The molecular formula is C18H18O3. The molecule has 0 bridgehead atoms. The van der Waals surface area contributed by atoms with Gasteiger partial charge in [0.25, 0.3) is 0 Å². The van der Waals surface area contributed by atoms with Gasteiger partial charge < -0.3 is 9.84 Å². The smallest absolute Gasteiger partial charge is 0.163 e. The summed E-state index contributed by atoms with van der Waals surface area (Å²) in [6.07, 6.45) is 1.72. The van der Waals surface area contributed by atoms with Crippen molar-refractivity contribution in [3.05, 3.63) is 58.7 Å². The third kappa shape index (κ3) is 2.40. The standard InChI is InChI=1S/C18H18O3/c1-11-17(20)15(12(2)19)10-14-8-9-16(21-18(11)14)13-6-4-3-5-7-13/h3-7,10,16,20H,8-9H2,1-2H3. The van der Waals surface area contributed by atoms with E-state index in [1.807, 2.05) is 18.2 Å². The molecule has 1 heterocycles. The first kappa shape index (κ1) is 13.7. The minimum absolute atomic E-state index is 0.0000203. The lowest BCUT2D eigenvalue weighted by Crippen LogP contribution is -2.16. The Bertz CT molecular complexity index is 689. The molecule has 1 atom stereocenters. The van der Waals surface area contributed by atoms with Crippen LogP contribution in [0.2, 0.25) is 0 Å². The summed E-state index contributed by atoms with van der Waals surface area (Å²) in [4.78, 5) is 11.6. The SMILES string of the molecule is CC(=O)c1cc2c(c(C)c1O)OC(c1ccccc1)CC2. The number of phenols is 1. The Morgan fingerprint density at radius 1 is 1.29 bits per heavy atom. The molecule has 0 aromatic heterocycles. The first-order valence-electron chi connectivity index (χ1n) is 7.16. The third-order valence-corrected chi connectivity index (χ3v) is 4.05. The van der Waals surface area contributed by atoms with Crippen LogP contribution >= 0.6 is 0 Å². The van der Waals surface area contributed by atoms with Gasteiger partial charge in [-0.05, 0) is 43.9 Å². The van der Waals surface area contributed by atoms with Gasteiger partial charge in [-0.15, -0.1) is 0 Å². The van der Waals surface area contributed by atoms with Crippen molar-refractivity contribution in [2.75, 3.05) is 0 Å². The average molecular weight is 282 g/mol. The number of aromatic hydroxyl groups is 1. The number of aryl methyl sites for hydroxylation is 1. The molecular weight excluding hydrogens is 264 g/mol. The summed E-state index contributed by atoms with van der Waals surface area (Å²) in [6.45, 7) is 3.27. The summed E-state index contributed by atoms with van der Waals surface area (Å²) in [5, 5.41) is 10.2. The van der Waals surface area contributed by atoms with Crippen LogP contribution in [-0.2, 0) is 6.42 Å². The minimum atomic E-state index is -0.122. The fourth-order valence-corrected chi connectivity index (χ4v) is 2.87. The number of Topliss-reactive ketones (excluding diaryl/α,β-unsaturated/α-hetero) is 1. The molecule has 0 amide bonds. The van der Waals surface area contributed by atoms with Crippen LogP contribution in [0.15, 0.2) is 36.4 Å². The number of benzene rings is 2. The first-order valence-corrected chi connectivity index (χ1v) is 7.16.